The fourth-order valence-electron chi connectivity index (χ4n) is 3.72. The SMILES string of the molecule is CCC(C)C(NC(=O)C(N)CO)C(=O)NC(Cc1ccc(O)cc1)C(=O)NC(Cc1ccc(O)cc1)C(=O)O. The quantitative estimate of drug-likeness (QED) is 0.158. The maximum Gasteiger partial charge on any atom is 0.326 e. The Labute approximate surface area is 226 Å². The molecule has 0 saturated heterocycles. The number of benzene rings is 2. The number of rotatable bonds is 14. The number of nitrogens with two attached hydrogens (primary N) is 1. The summed E-state index contributed by atoms with van der Waals surface area (Å²) in [7, 11) is 0. The number of aliphatic carboxylic acids is 1. The Morgan fingerprint density at radius 1 is 0.769 bits per heavy atom. The fraction of sp³-hybridized carbons (Fsp3) is 0.407. The average Bonchev–Trinajstić information content (AvgIpc) is 2.91. The second kappa shape index (κ2) is 14.7. The van der Waals surface area contributed by atoms with Crippen molar-refractivity contribution in [1.29, 1.82) is 0 Å². The van der Waals surface area contributed by atoms with Gasteiger partial charge >= 0.3 is 5.97 Å². The minimum Gasteiger partial charge on any atom is -0.508 e. The molecule has 0 aliphatic heterocycles. The molecule has 0 aliphatic carbocycles. The third-order valence-electron chi connectivity index (χ3n) is 6.33. The molecule has 212 valence electrons. The van der Waals surface area contributed by atoms with Crippen LogP contribution in [-0.4, -0.2) is 74.9 Å². The Balaban J connectivity index is 2.29. The summed E-state index contributed by atoms with van der Waals surface area (Å²) in [6.07, 6.45) is 0.377. The Bertz CT molecular complexity index is 1120. The molecule has 0 heterocycles. The number of aromatic hydroxyl groups is 2. The lowest BCUT2D eigenvalue weighted by Crippen LogP contribution is -2.59. The number of amides is 3. The largest absolute Gasteiger partial charge is 0.508 e. The molecule has 0 fully saturated rings. The zero-order valence-electron chi connectivity index (χ0n) is 21.8. The first-order valence-electron chi connectivity index (χ1n) is 12.5. The molecule has 0 bridgehead atoms. The van der Waals surface area contributed by atoms with E-state index in [1.165, 1.54) is 36.4 Å². The van der Waals surface area contributed by atoms with Crippen LogP contribution < -0.4 is 21.7 Å². The van der Waals surface area contributed by atoms with Crippen molar-refractivity contribution < 1.29 is 39.6 Å². The van der Waals surface area contributed by atoms with E-state index in [0.29, 0.717) is 17.5 Å². The molecule has 12 heteroatoms. The van der Waals surface area contributed by atoms with Crippen LogP contribution in [0.3, 0.4) is 0 Å². The molecule has 2 aromatic rings. The van der Waals surface area contributed by atoms with Crippen molar-refractivity contribution >= 4 is 23.7 Å². The Hall–Kier alpha value is -4.16. The van der Waals surface area contributed by atoms with Crippen LogP contribution in [0.1, 0.15) is 31.4 Å². The highest BCUT2D eigenvalue weighted by Gasteiger charge is 2.32. The fourth-order valence-corrected chi connectivity index (χ4v) is 3.72. The van der Waals surface area contributed by atoms with Gasteiger partial charge in [-0.25, -0.2) is 4.79 Å². The second-order valence-electron chi connectivity index (χ2n) is 9.36. The van der Waals surface area contributed by atoms with E-state index in [1.807, 2.05) is 6.92 Å². The third-order valence-corrected chi connectivity index (χ3v) is 6.33. The number of phenols is 2. The summed E-state index contributed by atoms with van der Waals surface area (Å²) in [6.45, 7) is 2.91. The van der Waals surface area contributed by atoms with Gasteiger partial charge in [0.05, 0.1) is 6.61 Å². The predicted octanol–water partition coefficient (Wildman–Crippen LogP) is -0.212. The van der Waals surface area contributed by atoms with Crippen LogP contribution >= 0.6 is 0 Å². The number of phenolic OH excluding ortho intramolecular Hbond substituents is 2. The lowest BCUT2D eigenvalue weighted by atomic mass is 9.96. The lowest BCUT2D eigenvalue weighted by Gasteiger charge is -2.28. The first-order valence-corrected chi connectivity index (χ1v) is 12.5. The molecule has 5 atom stereocenters. The van der Waals surface area contributed by atoms with Crippen LogP contribution in [0, 0.1) is 5.92 Å². The van der Waals surface area contributed by atoms with Crippen LogP contribution in [0.25, 0.3) is 0 Å². The van der Waals surface area contributed by atoms with Crippen LogP contribution in [0.15, 0.2) is 48.5 Å². The minimum atomic E-state index is -1.34. The van der Waals surface area contributed by atoms with Crippen molar-refractivity contribution in [3.8, 4) is 11.5 Å². The number of aliphatic hydroxyl groups is 1. The van der Waals surface area contributed by atoms with Crippen molar-refractivity contribution in [2.45, 2.75) is 57.3 Å². The van der Waals surface area contributed by atoms with Crippen molar-refractivity contribution in [1.82, 2.24) is 16.0 Å². The van der Waals surface area contributed by atoms with Crippen molar-refractivity contribution in [3.63, 3.8) is 0 Å². The summed E-state index contributed by atoms with van der Waals surface area (Å²) >= 11 is 0. The monoisotopic (exact) mass is 544 g/mol. The lowest BCUT2D eigenvalue weighted by molar-refractivity contribution is -0.142. The van der Waals surface area contributed by atoms with Gasteiger partial charge in [0.25, 0.3) is 0 Å². The number of carboxylic acids is 1. The van der Waals surface area contributed by atoms with E-state index < -0.39 is 54.5 Å². The van der Waals surface area contributed by atoms with Crippen molar-refractivity contribution in [3.05, 3.63) is 59.7 Å². The molecule has 0 radical (unpaired) electrons. The summed E-state index contributed by atoms with van der Waals surface area (Å²) in [6, 6.07) is 6.90. The van der Waals surface area contributed by atoms with E-state index in [1.54, 1.807) is 19.1 Å². The van der Waals surface area contributed by atoms with Gasteiger partial charge < -0.3 is 42.1 Å². The normalized spacial score (nSPS) is 14.8. The standard InChI is InChI=1S/C27H36N4O8/c1-3-15(2)23(31-24(35)20(28)14-32)26(37)29-21(12-16-4-8-18(33)9-5-16)25(36)30-22(27(38)39)13-17-6-10-19(34)11-7-17/h4-11,15,20-23,32-34H,3,12-14,28H2,1-2H3,(H,29,37)(H,30,36)(H,31,35)(H,38,39). The predicted molar refractivity (Wildman–Crippen MR) is 142 cm³/mol. The van der Waals surface area contributed by atoms with E-state index in [4.69, 9.17) is 5.73 Å². The number of hydrogen-bond donors (Lipinski definition) is 8. The Morgan fingerprint density at radius 3 is 1.67 bits per heavy atom. The van der Waals surface area contributed by atoms with E-state index >= 15 is 0 Å². The molecular weight excluding hydrogens is 508 g/mol. The first-order chi connectivity index (χ1) is 18.4. The molecular formula is C27H36N4O8. The highest BCUT2D eigenvalue weighted by atomic mass is 16.4. The number of carbonyl (C=O) groups is 4. The van der Waals surface area contributed by atoms with Crippen LogP contribution in [0.2, 0.25) is 0 Å². The van der Waals surface area contributed by atoms with E-state index in [0.717, 1.165) is 0 Å². The Morgan fingerprint density at radius 2 is 1.23 bits per heavy atom. The van der Waals surface area contributed by atoms with Gasteiger partial charge in [0.2, 0.25) is 17.7 Å². The van der Waals surface area contributed by atoms with Gasteiger partial charge in [0.15, 0.2) is 0 Å². The van der Waals surface area contributed by atoms with Gasteiger partial charge in [-0.15, -0.1) is 0 Å². The van der Waals surface area contributed by atoms with E-state index in [9.17, 15) is 39.6 Å². The molecule has 2 rings (SSSR count). The number of nitrogens with one attached hydrogen (secondary N) is 3. The minimum absolute atomic E-state index is 0.00314. The number of hydrogen-bond acceptors (Lipinski definition) is 8. The zero-order valence-corrected chi connectivity index (χ0v) is 21.8. The molecule has 0 spiro atoms. The topological polar surface area (TPSA) is 211 Å². The molecule has 5 unspecified atom stereocenters. The van der Waals surface area contributed by atoms with Crippen molar-refractivity contribution in [2.75, 3.05) is 6.61 Å². The van der Waals surface area contributed by atoms with E-state index in [2.05, 4.69) is 16.0 Å². The highest BCUT2D eigenvalue weighted by Crippen LogP contribution is 2.15. The summed E-state index contributed by atoms with van der Waals surface area (Å²) < 4.78 is 0. The average molecular weight is 545 g/mol. The molecule has 39 heavy (non-hydrogen) atoms. The highest BCUT2D eigenvalue weighted by molar-refractivity contribution is 5.94. The molecule has 12 nitrogen and oxygen atoms in total. The Kier molecular flexibility index (Phi) is 11.7. The van der Waals surface area contributed by atoms with Gasteiger partial charge in [0, 0.05) is 12.8 Å². The maximum atomic E-state index is 13.3. The summed E-state index contributed by atoms with van der Waals surface area (Å²) in [4.78, 5) is 50.9. The summed E-state index contributed by atoms with van der Waals surface area (Å²) in [5.74, 6) is -3.85. The third kappa shape index (κ3) is 9.58. The second-order valence-corrected chi connectivity index (χ2v) is 9.36. The number of aliphatic hydroxyl groups excluding tert-OH is 1. The van der Waals surface area contributed by atoms with E-state index in [-0.39, 0.29) is 30.3 Å². The molecule has 0 saturated carbocycles. The maximum absolute atomic E-state index is 13.3. The summed E-state index contributed by atoms with van der Waals surface area (Å²) in [5, 5.41) is 45.6. The smallest absolute Gasteiger partial charge is 0.326 e. The molecule has 3 amide bonds. The van der Waals surface area contributed by atoms with Gasteiger partial charge in [-0.1, -0.05) is 44.5 Å². The van der Waals surface area contributed by atoms with Gasteiger partial charge in [-0.05, 0) is 41.3 Å². The number of carbonyl (C=O) groups excluding carboxylic acids is 3. The molecule has 2 aromatic carbocycles. The van der Waals surface area contributed by atoms with Crippen LogP contribution in [-0.2, 0) is 32.0 Å². The zero-order chi connectivity index (χ0) is 29.1. The molecule has 0 aromatic heterocycles. The van der Waals surface area contributed by atoms with Gasteiger partial charge in [-0.3, -0.25) is 14.4 Å². The molecule has 9 N–H and O–H groups in total. The number of carboxylic acid groups (broad SMARTS) is 1. The van der Waals surface area contributed by atoms with Crippen LogP contribution in [0.5, 0.6) is 11.5 Å². The summed E-state index contributed by atoms with van der Waals surface area (Å²) in [5.41, 5.74) is 6.71. The molecule has 0 aliphatic rings. The first kappa shape index (κ1) is 31.1. The van der Waals surface area contributed by atoms with Crippen LogP contribution in [0.4, 0.5) is 0 Å². The van der Waals surface area contributed by atoms with Crippen molar-refractivity contribution in [2.24, 2.45) is 11.7 Å². The van der Waals surface area contributed by atoms with Gasteiger partial charge in [0.1, 0.15) is 35.7 Å². The van der Waals surface area contributed by atoms with Gasteiger partial charge in [-0.2, -0.15) is 0 Å².